The highest BCUT2D eigenvalue weighted by Gasteiger charge is 2.19. The van der Waals surface area contributed by atoms with Gasteiger partial charge in [-0.25, -0.2) is 0 Å². The zero-order valence-corrected chi connectivity index (χ0v) is 20.6. The van der Waals surface area contributed by atoms with Crippen LogP contribution in [-0.4, -0.2) is 57.6 Å². The fourth-order valence-electron chi connectivity index (χ4n) is 4.13. The predicted molar refractivity (Wildman–Crippen MR) is 138 cm³/mol. The largest absolute Gasteiger partial charge is 0.496 e. The third kappa shape index (κ3) is 4.67. The lowest BCUT2D eigenvalue weighted by Crippen LogP contribution is -2.43. The molecule has 1 fully saturated rings. The Hall–Kier alpha value is -3.63. The zero-order valence-electron chi connectivity index (χ0n) is 19.8. The van der Waals surface area contributed by atoms with Crippen LogP contribution in [0.1, 0.15) is 0 Å². The zero-order chi connectivity index (χ0) is 24.2. The van der Waals surface area contributed by atoms with Gasteiger partial charge in [0, 0.05) is 43.6 Å². The molecule has 2 aromatic carbocycles. The molecule has 0 spiro atoms. The average Bonchev–Trinajstić information content (AvgIpc) is 3.34. The quantitative estimate of drug-likeness (QED) is 0.343. The number of benzene rings is 2. The maximum atomic E-state index is 5.73. The molecule has 0 atom stereocenters. The van der Waals surface area contributed by atoms with Crippen LogP contribution < -0.4 is 29.1 Å². The van der Waals surface area contributed by atoms with E-state index in [0.29, 0.717) is 28.6 Å². The van der Waals surface area contributed by atoms with Gasteiger partial charge in [-0.2, -0.15) is 0 Å². The molecule has 1 aliphatic heterocycles. The summed E-state index contributed by atoms with van der Waals surface area (Å²) in [5, 5.41) is 8.38. The molecule has 0 saturated carbocycles. The third-order valence-corrected chi connectivity index (χ3v) is 6.81. The van der Waals surface area contributed by atoms with Crippen molar-refractivity contribution in [3.8, 4) is 28.5 Å². The van der Waals surface area contributed by atoms with Crippen LogP contribution in [0, 0.1) is 0 Å². The first kappa shape index (κ1) is 23.1. The molecule has 1 aliphatic rings. The molecule has 10 heteroatoms. The van der Waals surface area contributed by atoms with Crippen LogP contribution in [-0.2, 0) is 0 Å². The number of nitrogens with zero attached hydrogens (tertiary/aromatic N) is 3. The Bertz CT molecular complexity index is 1300. The number of fused-ring (bicyclic) bond motifs is 1. The summed E-state index contributed by atoms with van der Waals surface area (Å²) < 4.78 is 25.7. The van der Waals surface area contributed by atoms with Gasteiger partial charge in [0.25, 0.3) is 0 Å². The van der Waals surface area contributed by atoms with Gasteiger partial charge in [-0.3, -0.25) is 4.98 Å². The molecule has 4 aromatic rings. The van der Waals surface area contributed by atoms with E-state index >= 15 is 0 Å². The lowest BCUT2D eigenvalue weighted by atomic mass is 10.1. The second-order valence-electron chi connectivity index (χ2n) is 7.91. The van der Waals surface area contributed by atoms with Gasteiger partial charge in [0.1, 0.15) is 27.5 Å². The number of aromatic nitrogens is 2. The van der Waals surface area contributed by atoms with Crippen molar-refractivity contribution >= 4 is 34.4 Å². The number of anilines is 2. The molecule has 0 radical (unpaired) electrons. The molecule has 0 unspecified atom stereocenters. The molecule has 0 aliphatic carbocycles. The van der Waals surface area contributed by atoms with Gasteiger partial charge in [-0.1, -0.05) is 11.2 Å². The Labute approximate surface area is 207 Å². The topological polar surface area (TPSA) is 93.9 Å². The Morgan fingerprint density at radius 3 is 2.43 bits per heavy atom. The molecule has 2 N–H and O–H groups in total. The number of rotatable bonds is 8. The number of hydrogen-bond acceptors (Lipinski definition) is 10. The summed E-state index contributed by atoms with van der Waals surface area (Å²) >= 11 is 1.33. The summed E-state index contributed by atoms with van der Waals surface area (Å²) in [6, 6.07) is 13.7. The number of ether oxygens (including phenoxy) is 3. The van der Waals surface area contributed by atoms with E-state index in [1.165, 1.54) is 11.9 Å². The van der Waals surface area contributed by atoms with E-state index in [2.05, 4.69) is 31.1 Å². The van der Waals surface area contributed by atoms with Gasteiger partial charge < -0.3 is 33.7 Å². The molecular weight excluding hydrogens is 466 g/mol. The summed E-state index contributed by atoms with van der Waals surface area (Å²) in [7, 11) is 4.89. The second kappa shape index (κ2) is 10.3. The van der Waals surface area contributed by atoms with E-state index in [1.54, 1.807) is 21.3 Å². The fourth-order valence-corrected chi connectivity index (χ4v) is 4.97. The van der Waals surface area contributed by atoms with Gasteiger partial charge in [0.15, 0.2) is 11.4 Å². The van der Waals surface area contributed by atoms with Crippen molar-refractivity contribution in [2.24, 2.45) is 0 Å². The van der Waals surface area contributed by atoms with E-state index in [4.69, 9.17) is 18.7 Å². The Morgan fingerprint density at radius 1 is 0.971 bits per heavy atom. The molecule has 9 nitrogen and oxygen atoms in total. The number of pyridine rings is 1. The average molecular weight is 494 g/mol. The normalized spacial score (nSPS) is 13.6. The highest BCUT2D eigenvalue weighted by molar-refractivity contribution is 8.00. The highest BCUT2D eigenvalue weighted by atomic mass is 32.2. The van der Waals surface area contributed by atoms with Gasteiger partial charge in [-0.15, -0.1) is 0 Å². The van der Waals surface area contributed by atoms with Crippen molar-refractivity contribution in [1.29, 1.82) is 0 Å². The summed E-state index contributed by atoms with van der Waals surface area (Å²) in [5.41, 5.74) is 3.50. The molecule has 0 bridgehead atoms. The highest BCUT2D eigenvalue weighted by Crippen LogP contribution is 2.41. The molecule has 35 heavy (non-hydrogen) atoms. The van der Waals surface area contributed by atoms with Crippen LogP contribution >= 0.6 is 11.9 Å². The van der Waals surface area contributed by atoms with Crippen molar-refractivity contribution in [2.75, 3.05) is 57.1 Å². The Balaban J connectivity index is 1.45. The summed E-state index contributed by atoms with van der Waals surface area (Å²) in [6.07, 6.45) is 1.84. The first-order valence-corrected chi connectivity index (χ1v) is 12.1. The van der Waals surface area contributed by atoms with Gasteiger partial charge in [0.2, 0.25) is 0 Å². The van der Waals surface area contributed by atoms with Crippen LogP contribution in [0.25, 0.3) is 22.2 Å². The Morgan fingerprint density at radius 2 is 1.71 bits per heavy atom. The third-order valence-electron chi connectivity index (χ3n) is 5.91. The number of nitrogens with one attached hydrogen (secondary N) is 2. The molecule has 0 amide bonds. The minimum absolute atomic E-state index is 0.545. The first-order valence-electron chi connectivity index (χ1n) is 11.2. The molecule has 5 rings (SSSR count). The Kier molecular flexibility index (Phi) is 6.82. The van der Waals surface area contributed by atoms with Gasteiger partial charge >= 0.3 is 0 Å². The smallest absolute Gasteiger partial charge is 0.191 e. The maximum absolute atomic E-state index is 5.73. The second-order valence-corrected chi connectivity index (χ2v) is 8.73. The van der Waals surface area contributed by atoms with E-state index in [0.717, 1.165) is 53.4 Å². The summed E-state index contributed by atoms with van der Waals surface area (Å²) in [4.78, 5) is 7.76. The van der Waals surface area contributed by atoms with Crippen LogP contribution in [0.5, 0.6) is 17.2 Å². The minimum Gasteiger partial charge on any atom is -0.496 e. The van der Waals surface area contributed by atoms with Crippen molar-refractivity contribution in [2.45, 2.75) is 4.90 Å². The molecule has 3 heterocycles. The molecular formula is C25H27N5O4S. The van der Waals surface area contributed by atoms with E-state index in [1.807, 2.05) is 42.6 Å². The van der Waals surface area contributed by atoms with Gasteiger partial charge in [-0.05, 0) is 48.3 Å². The predicted octanol–water partition coefficient (Wildman–Crippen LogP) is 4.44. The monoisotopic (exact) mass is 493 g/mol. The van der Waals surface area contributed by atoms with Crippen molar-refractivity contribution in [3.05, 3.63) is 48.7 Å². The molecule has 1 saturated heterocycles. The van der Waals surface area contributed by atoms with Crippen molar-refractivity contribution in [1.82, 2.24) is 15.5 Å². The van der Waals surface area contributed by atoms with E-state index in [-0.39, 0.29) is 0 Å². The van der Waals surface area contributed by atoms with E-state index < -0.39 is 0 Å². The number of piperazine rings is 1. The number of methoxy groups -OCH3 is 3. The van der Waals surface area contributed by atoms with E-state index in [9.17, 15) is 0 Å². The standard InChI is InChI=1S/C25H27N5O4S/c1-31-19-5-4-6-20(32-2)24(19)35-29-25-23-21(33-3)13-16(14-22(23)34-28-25)18-15-17(7-8-27-18)30-11-9-26-10-12-30/h4-8,13-15,26H,9-12H2,1-3H3,(H,28,29). The van der Waals surface area contributed by atoms with Crippen LogP contribution in [0.4, 0.5) is 11.5 Å². The summed E-state index contributed by atoms with van der Waals surface area (Å²) in [6.45, 7) is 3.89. The number of hydrogen-bond donors (Lipinski definition) is 2. The van der Waals surface area contributed by atoms with Crippen molar-refractivity contribution < 1.29 is 18.7 Å². The van der Waals surface area contributed by atoms with Crippen molar-refractivity contribution in [3.63, 3.8) is 0 Å². The van der Waals surface area contributed by atoms with Crippen LogP contribution in [0.2, 0.25) is 0 Å². The van der Waals surface area contributed by atoms with Gasteiger partial charge in [0.05, 0.1) is 27.0 Å². The molecule has 2 aromatic heterocycles. The minimum atomic E-state index is 0.545. The van der Waals surface area contributed by atoms with Crippen LogP contribution in [0.15, 0.2) is 58.1 Å². The molecule has 182 valence electrons. The maximum Gasteiger partial charge on any atom is 0.191 e. The first-order chi connectivity index (χ1) is 17.2. The summed E-state index contributed by atoms with van der Waals surface area (Å²) in [5.74, 6) is 2.57. The fraction of sp³-hybridized carbons (Fsp3) is 0.280. The lowest BCUT2D eigenvalue weighted by Gasteiger charge is -2.29. The SMILES string of the molecule is COc1cccc(OC)c1SNc1noc2cc(-c3cc(N4CCNCC4)ccn3)cc(OC)c12. The lowest BCUT2D eigenvalue weighted by molar-refractivity contribution is 0.376. The van der Waals surface area contributed by atoms with Crippen LogP contribution in [0.3, 0.4) is 0 Å².